The lowest BCUT2D eigenvalue weighted by Crippen LogP contribution is -2.44. The molecule has 0 heterocycles. The maximum atomic E-state index is 5.12. The van der Waals surface area contributed by atoms with Crippen LogP contribution in [0.2, 0.25) is 0 Å². The van der Waals surface area contributed by atoms with Gasteiger partial charge in [0.1, 0.15) is 0 Å². The van der Waals surface area contributed by atoms with Gasteiger partial charge in [0.2, 0.25) is 0 Å². The molecule has 0 rings (SSSR count). The van der Waals surface area contributed by atoms with E-state index in [1.807, 2.05) is 0 Å². The quantitative estimate of drug-likeness (QED) is 0.465. The lowest BCUT2D eigenvalue weighted by Gasteiger charge is -2.18. The van der Waals surface area contributed by atoms with Crippen molar-refractivity contribution in [2.75, 3.05) is 46.9 Å². The number of hydrogen-bond donors (Lipinski definition) is 2. The first kappa shape index (κ1) is 18.2. The molecule has 1 atom stereocenters. The van der Waals surface area contributed by atoms with Crippen LogP contribution in [0.25, 0.3) is 0 Å². The molecule has 0 saturated heterocycles. The molecule has 0 amide bonds. The molecule has 2 N–H and O–H groups in total. The number of guanidine groups is 1. The summed E-state index contributed by atoms with van der Waals surface area (Å²) < 4.78 is 5.12. The molecular weight excluding hydrogens is 240 g/mol. The van der Waals surface area contributed by atoms with Crippen LogP contribution >= 0.6 is 0 Å². The molecule has 19 heavy (non-hydrogen) atoms. The third-order valence-electron chi connectivity index (χ3n) is 2.79. The zero-order chi connectivity index (χ0) is 14.5. The van der Waals surface area contributed by atoms with Crippen molar-refractivity contribution >= 4 is 5.96 Å². The molecule has 0 spiro atoms. The summed E-state index contributed by atoms with van der Waals surface area (Å²) in [6.45, 7) is 10.9. The highest BCUT2D eigenvalue weighted by atomic mass is 16.5. The fourth-order valence-electron chi connectivity index (χ4n) is 1.72. The predicted octanol–water partition coefficient (Wildman–Crippen LogP) is 1.31. The van der Waals surface area contributed by atoms with Crippen LogP contribution in [0.5, 0.6) is 0 Å². The Balaban J connectivity index is 4.03. The van der Waals surface area contributed by atoms with Crippen LogP contribution in [0.3, 0.4) is 0 Å². The molecule has 114 valence electrons. The highest BCUT2D eigenvalue weighted by Gasteiger charge is 2.04. The topological polar surface area (TPSA) is 48.9 Å². The van der Waals surface area contributed by atoms with Gasteiger partial charge in [-0.1, -0.05) is 13.3 Å². The Hall–Kier alpha value is -0.810. The summed E-state index contributed by atoms with van der Waals surface area (Å²) in [7, 11) is 3.87. The Morgan fingerprint density at radius 3 is 2.63 bits per heavy atom. The summed E-state index contributed by atoms with van der Waals surface area (Å²) in [5, 5.41) is 6.58. The molecule has 0 saturated carbocycles. The van der Waals surface area contributed by atoms with E-state index >= 15 is 0 Å². The summed E-state index contributed by atoms with van der Waals surface area (Å²) >= 11 is 0. The van der Waals surface area contributed by atoms with Gasteiger partial charge in [-0.05, 0) is 33.9 Å². The molecule has 0 aromatic rings. The Kier molecular flexibility index (Phi) is 11.7. The Morgan fingerprint density at radius 1 is 1.32 bits per heavy atom. The second-order valence-electron chi connectivity index (χ2n) is 4.92. The van der Waals surface area contributed by atoms with Crippen LogP contribution in [-0.4, -0.2) is 63.8 Å². The molecule has 5 heteroatoms. The van der Waals surface area contributed by atoms with Crippen LogP contribution < -0.4 is 10.6 Å². The summed E-state index contributed by atoms with van der Waals surface area (Å²) in [6.07, 6.45) is 2.50. The number of nitrogens with zero attached hydrogens (tertiary/aromatic N) is 2. The van der Waals surface area contributed by atoms with E-state index in [1.54, 1.807) is 7.11 Å². The van der Waals surface area contributed by atoms with Gasteiger partial charge in [0.05, 0.1) is 13.2 Å². The number of aliphatic imine (C=N–C) groups is 1. The average molecular weight is 272 g/mol. The zero-order valence-corrected chi connectivity index (χ0v) is 13.3. The van der Waals surface area contributed by atoms with Gasteiger partial charge in [0.25, 0.3) is 0 Å². The SMILES string of the molecule is CCCCN(C)CCN=C(NCC)NC(C)COC. The number of unbranched alkanes of at least 4 members (excludes halogenated alkanes) is 1. The predicted molar refractivity (Wildman–Crippen MR) is 82.9 cm³/mol. The molecule has 0 bridgehead atoms. The van der Waals surface area contributed by atoms with Gasteiger partial charge in [0, 0.05) is 26.2 Å². The minimum absolute atomic E-state index is 0.264. The van der Waals surface area contributed by atoms with Gasteiger partial charge >= 0.3 is 0 Å². The van der Waals surface area contributed by atoms with E-state index < -0.39 is 0 Å². The van der Waals surface area contributed by atoms with Crippen LogP contribution in [0.15, 0.2) is 4.99 Å². The third-order valence-corrected chi connectivity index (χ3v) is 2.79. The van der Waals surface area contributed by atoms with Crippen molar-refractivity contribution in [3.63, 3.8) is 0 Å². The smallest absolute Gasteiger partial charge is 0.191 e. The first-order valence-corrected chi connectivity index (χ1v) is 7.36. The van der Waals surface area contributed by atoms with Crippen molar-refractivity contribution in [1.82, 2.24) is 15.5 Å². The summed E-state index contributed by atoms with van der Waals surface area (Å²) in [4.78, 5) is 6.91. The maximum absolute atomic E-state index is 5.12. The van der Waals surface area contributed by atoms with Crippen LogP contribution in [0, 0.1) is 0 Å². The first-order valence-electron chi connectivity index (χ1n) is 7.36. The zero-order valence-electron chi connectivity index (χ0n) is 13.3. The van der Waals surface area contributed by atoms with E-state index in [0.29, 0.717) is 6.61 Å². The van der Waals surface area contributed by atoms with Crippen molar-refractivity contribution in [2.45, 2.75) is 39.7 Å². The second-order valence-corrected chi connectivity index (χ2v) is 4.92. The molecule has 0 aliphatic carbocycles. The lowest BCUT2D eigenvalue weighted by atomic mass is 10.3. The molecule has 0 aromatic carbocycles. The van der Waals surface area contributed by atoms with Gasteiger partial charge in [-0.3, -0.25) is 4.99 Å². The largest absolute Gasteiger partial charge is 0.383 e. The summed E-state index contributed by atoms with van der Waals surface area (Å²) in [5.41, 5.74) is 0. The monoisotopic (exact) mass is 272 g/mol. The van der Waals surface area contributed by atoms with Crippen molar-refractivity contribution < 1.29 is 4.74 Å². The van der Waals surface area contributed by atoms with E-state index in [-0.39, 0.29) is 6.04 Å². The molecule has 0 aliphatic heterocycles. The minimum atomic E-state index is 0.264. The number of hydrogen-bond acceptors (Lipinski definition) is 3. The number of likely N-dealkylation sites (N-methyl/N-ethyl adjacent to an activating group) is 1. The average Bonchev–Trinajstić information content (AvgIpc) is 2.36. The van der Waals surface area contributed by atoms with Crippen molar-refractivity contribution in [3.05, 3.63) is 0 Å². The fourth-order valence-corrected chi connectivity index (χ4v) is 1.72. The molecule has 0 aromatic heterocycles. The van der Waals surface area contributed by atoms with Crippen molar-refractivity contribution in [1.29, 1.82) is 0 Å². The van der Waals surface area contributed by atoms with Crippen LogP contribution in [-0.2, 0) is 4.74 Å². The Morgan fingerprint density at radius 2 is 2.05 bits per heavy atom. The number of rotatable bonds is 10. The first-order chi connectivity index (χ1) is 9.13. The fraction of sp³-hybridized carbons (Fsp3) is 0.929. The minimum Gasteiger partial charge on any atom is -0.383 e. The third kappa shape index (κ3) is 10.8. The Bertz CT molecular complexity index is 233. The highest BCUT2D eigenvalue weighted by Crippen LogP contribution is 1.91. The van der Waals surface area contributed by atoms with E-state index in [0.717, 1.165) is 32.1 Å². The molecule has 1 unspecified atom stereocenters. The molecular formula is C14H32N4O. The molecule has 0 radical (unpaired) electrons. The van der Waals surface area contributed by atoms with Gasteiger partial charge in [-0.2, -0.15) is 0 Å². The van der Waals surface area contributed by atoms with Gasteiger partial charge in [0.15, 0.2) is 5.96 Å². The van der Waals surface area contributed by atoms with Crippen LogP contribution in [0.1, 0.15) is 33.6 Å². The maximum Gasteiger partial charge on any atom is 0.191 e. The summed E-state index contributed by atoms with van der Waals surface area (Å²) in [6, 6.07) is 0.264. The number of ether oxygens (including phenoxy) is 1. The van der Waals surface area contributed by atoms with Crippen LogP contribution in [0.4, 0.5) is 0 Å². The van der Waals surface area contributed by atoms with E-state index in [1.165, 1.54) is 12.8 Å². The standard InChI is InChI=1S/C14H32N4O/c1-6-8-10-18(4)11-9-16-14(15-7-2)17-13(3)12-19-5/h13H,6-12H2,1-5H3,(H2,15,16,17). The summed E-state index contributed by atoms with van der Waals surface area (Å²) in [5.74, 6) is 0.871. The molecule has 5 nitrogen and oxygen atoms in total. The number of methoxy groups -OCH3 is 1. The molecule has 0 aliphatic rings. The van der Waals surface area contributed by atoms with E-state index in [2.05, 4.69) is 48.3 Å². The Labute approximate surface area is 118 Å². The van der Waals surface area contributed by atoms with E-state index in [4.69, 9.17) is 4.74 Å². The van der Waals surface area contributed by atoms with Gasteiger partial charge in [-0.15, -0.1) is 0 Å². The lowest BCUT2D eigenvalue weighted by molar-refractivity contribution is 0.179. The van der Waals surface area contributed by atoms with Gasteiger partial charge in [-0.25, -0.2) is 0 Å². The normalized spacial score (nSPS) is 13.7. The van der Waals surface area contributed by atoms with Crippen molar-refractivity contribution in [2.24, 2.45) is 4.99 Å². The molecule has 0 fully saturated rings. The van der Waals surface area contributed by atoms with E-state index in [9.17, 15) is 0 Å². The second kappa shape index (κ2) is 12.2. The number of nitrogens with one attached hydrogen (secondary N) is 2. The highest BCUT2D eigenvalue weighted by molar-refractivity contribution is 5.80. The van der Waals surface area contributed by atoms with Crippen molar-refractivity contribution in [3.8, 4) is 0 Å². The van der Waals surface area contributed by atoms with Gasteiger partial charge < -0.3 is 20.3 Å².